The molecule has 0 bridgehead atoms. The lowest BCUT2D eigenvalue weighted by Crippen LogP contribution is -2.13. The highest BCUT2D eigenvalue weighted by molar-refractivity contribution is 6.04. The average Bonchev–Trinajstić information content (AvgIpc) is 2.78. The minimum Gasteiger partial charge on any atom is -0.360 e. The van der Waals surface area contributed by atoms with Gasteiger partial charge in [0.2, 0.25) is 0 Å². The van der Waals surface area contributed by atoms with Crippen molar-refractivity contribution < 1.29 is 9.32 Å². The monoisotopic (exact) mass is 233 g/mol. The third-order valence-corrected chi connectivity index (χ3v) is 2.89. The molecule has 5 heteroatoms. The summed E-state index contributed by atoms with van der Waals surface area (Å²) in [7, 11) is 1.93. The van der Waals surface area contributed by atoms with E-state index in [9.17, 15) is 4.79 Å². The molecule has 90 valence electrons. The van der Waals surface area contributed by atoms with Gasteiger partial charge in [-0.1, -0.05) is 5.16 Å². The maximum atomic E-state index is 12.0. The number of nitrogens with one attached hydrogen (secondary N) is 1. The molecule has 0 fully saturated rings. The van der Waals surface area contributed by atoms with E-state index in [1.54, 1.807) is 13.0 Å². The van der Waals surface area contributed by atoms with Gasteiger partial charge in [0.05, 0.1) is 5.56 Å². The molecule has 2 heterocycles. The number of hydrogen-bond donors (Lipinski definition) is 1. The lowest BCUT2D eigenvalue weighted by atomic mass is 10.2. The minimum absolute atomic E-state index is 0.167. The SMILES string of the molecule is Cc1cc(NC(=O)c2cc(C)n(C)c2C)no1. The zero-order valence-corrected chi connectivity index (χ0v) is 10.4. The Balaban J connectivity index is 2.23. The quantitative estimate of drug-likeness (QED) is 0.864. The first-order chi connectivity index (χ1) is 7.99. The van der Waals surface area contributed by atoms with E-state index in [0.717, 1.165) is 11.4 Å². The van der Waals surface area contributed by atoms with Crippen molar-refractivity contribution in [3.8, 4) is 0 Å². The van der Waals surface area contributed by atoms with Gasteiger partial charge in [0, 0.05) is 24.5 Å². The van der Waals surface area contributed by atoms with Crippen LogP contribution in [-0.4, -0.2) is 15.6 Å². The summed E-state index contributed by atoms with van der Waals surface area (Å²) in [5.74, 6) is 0.939. The summed E-state index contributed by atoms with van der Waals surface area (Å²) in [6.45, 7) is 5.65. The normalized spacial score (nSPS) is 10.6. The molecule has 0 saturated carbocycles. The van der Waals surface area contributed by atoms with E-state index < -0.39 is 0 Å². The Hall–Kier alpha value is -2.04. The van der Waals surface area contributed by atoms with Crippen molar-refractivity contribution in [1.82, 2.24) is 9.72 Å². The van der Waals surface area contributed by atoms with Crippen LogP contribution in [-0.2, 0) is 7.05 Å². The van der Waals surface area contributed by atoms with Crippen LogP contribution in [0.2, 0.25) is 0 Å². The van der Waals surface area contributed by atoms with Crippen molar-refractivity contribution in [2.24, 2.45) is 7.05 Å². The number of aryl methyl sites for hydroxylation is 2. The van der Waals surface area contributed by atoms with Gasteiger partial charge in [-0.15, -0.1) is 0 Å². The molecule has 0 aromatic carbocycles. The van der Waals surface area contributed by atoms with Crippen LogP contribution in [0.5, 0.6) is 0 Å². The Bertz CT molecular complexity index is 566. The van der Waals surface area contributed by atoms with Crippen molar-refractivity contribution in [2.45, 2.75) is 20.8 Å². The summed E-state index contributed by atoms with van der Waals surface area (Å²) in [5.41, 5.74) is 2.63. The number of carbonyl (C=O) groups is 1. The molecule has 2 aromatic heterocycles. The second-order valence-electron chi connectivity index (χ2n) is 4.12. The van der Waals surface area contributed by atoms with E-state index in [0.29, 0.717) is 17.1 Å². The maximum absolute atomic E-state index is 12.0. The molecule has 0 radical (unpaired) electrons. The van der Waals surface area contributed by atoms with E-state index >= 15 is 0 Å². The second kappa shape index (κ2) is 4.08. The molecule has 0 unspecified atom stereocenters. The third-order valence-electron chi connectivity index (χ3n) is 2.89. The average molecular weight is 233 g/mol. The molecule has 0 aliphatic heterocycles. The topological polar surface area (TPSA) is 60.1 Å². The molecule has 2 rings (SSSR count). The summed E-state index contributed by atoms with van der Waals surface area (Å²) < 4.78 is 6.87. The van der Waals surface area contributed by atoms with Crippen LogP contribution in [0.1, 0.15) is 27.5 Å². The maximum Gasteiger partial charge on any atom is 0.258 e. The lowest BCUT2D eigenvalue weighted by Gasteiger charge is -2.02. The van der Waals surface area contributed by atoms with Crippen LogP contribution in [0.3, 0.4) is 0 Å². The van der Waals surface area contributed by atoms with Crippen molar-refractivity contribution in [3.63, 3.8) is 0 Å². The first kappa shape index (κ1) is 11.4. The number of aromatic nitrogens is 2. The Morgan fingerprint density at radius 2 is 2.06 bits per heavy atom. The third kappa shape index (κ3) is 2.08. The van der Waals surface area contributed by atoms with E-state index in [2.05, 4.69) is 10.5 Å². The first-order valence-electron chi connectivity index (χ1n) is 5.36. The van der Waals surface area contributed by atoms with Gasteiger partial charge >= 0.3 is 0 Å². The molecular formula is C12H15N3O2. The molecule has 0 spiro atoms. The van der Waals surface area contributed by atoms with Gasteiger partial charge in [-0.05, 0) is 26.8 Å². The number of nitrogens with zero attached hydrogens (tertiary/aromatic N) is 2. The van der Waals surface area contributed by atoms with Gasteiger partial charge in [-0.25, -0.2) is 0 Å². The van der Waals surface area contributed by atoms with E-state index in [1.165, 1.54) is 0 Å². The lowest BCUT2D eigenvalue weighted by molar-refractivity contribution is 0.102. The van der Waals surface area contributed by atoms with Gasteiger partial charge in [0.1, 0.15) is 5.76 Å². The standard InChI is InChI=1S/C12H15N3O2/c1-7-5-10(9(3)15(7)4)12(16)13-11-6-8(2)17-14-11/h5-6H,1-4H3,(H,13,14,16). The molecular weight excluding hydrogens is 218 g/mol. The number of rotatable bonds is 2. The smallest absolute Gasteiger partial charge is 0.258 e. The van der Waals surface area contributed by atoms with Crippen molar-refractivity contribution in [1.29, 1.82) is 0 Å². The molecule has 0 aliphatic carbocycles. The first-order valence-corrected chi connectivity index (χ1v) is 5.36. The van der Waals surface area contributed by atoms with Crippen molar-refractivity contribution >= 4 is 11.7 Å². The van der Waals surface area contributed by atoms with E-state index in [4.69, 9.17) is 4.52 Å². The van der Waals surface area contributed by atoms with Gasteiger partial charge in [-0.2, -0.15) is 0 Å². The molecule has 1 amide bonds. The fourth-order valence-corrected chi connectivity index (χ4v) is 1.69. The van der Waals surface area contributed by atoms with E-state index in [1.807, 2.05) is 31.5 Å². The highest BCUT2D eigenvalue weighted by atomic mass is 16.5. The highest BCUT2D eigenvalue weighted by Crippen LogP contribution is 2.15. The molecule has 1 N–H and O–H groups in total. The fourth-order valence-electron chi connectivity index (χ4n) is 1.69. The zero-order chi connectivity index (χ0) is 12.6. The van der Waals surface area contributed by atoms with Crippen LogP contribution < -0.4 is 5.32 Å². The summed E-state index contributed by atoms with van der Waals surface area (Å²) in [6.07, 6.45) is 0. The Labute approximate surface area is 99.4 Å². The minimum atomic E-state index is -0.167. The Kier molecular flexibility index (Phi) is 2.75. The number of anilines is 1. The van der Waals surface area contributed by atoms with Crippen molar-refractivity contribution in [2.75, 3.05) is 5.32 Å². The van der Waals surface area contributed by atoms with Crippen LogP contribution in [0.25, 0.3) is 0 Å². The highest BCUT2D eigenvalue weighted by Gasteiger charge is 2.15. The van der Waals surface area contributed by atoms with Gasteiger partial charge in [-0.3, -0.25) is 4.79 Å². The summed E-state index contributed by atoms with van der Waals surface area (Å²) >= 11 is 0. The number of hydrogen-bond acceptors (Lipinski definition) is 3. The fraction of sp³-hybridized carbons (Fsp3) is 0.333. The van der Waals surface area contributed by atoms with Gasteiger partial charge in [0.25, 0.3) is 5.91 Å². The van der Waals surface area contributed by atoms with Crippen molar-refractivity contribution in [3.05, 3.63) is 34.8 Å². The second-order valence-corrected chi connectivity index (χ2v) is 4.12. The predicted octanol–water partition coefficient (Wildman–Crippen LogP) is 2.19. The predicted molar refractivity (Wildman–Crippen MR) is 64.1 cm³/mol. The Morgan fingerprint density at radius 1 is 1.35 bits per heavy atom. The van der Waals surface area contributed by atoms with Gasteiger partial charge in [0.15, 0.2) is 5.82 Å². The molecule has 5 nitrogen and oxygen atoms in total. The molecule has 17 heavy (non-hydrogen) atoms. The number of carbonyl (C=O) groups excluding carboxylic acids is 1. The molecule has 2 aromatic rings. The number of amides is 1. The van der Waals surface area contributed by atoms with Crippen LogP contribution in [0.15, 0.2) is 16.7 Å². The summed E-state index contributed by atoms with van der Waals surface area (Å²) in [5, 5.41) is 6.43. The van der Waals surface area contributed by atoms with Crippen LogP contribution in [0, 0.1) is 20.8 Å². The zero-order valence-electron chi connectivity index (χ0n) is 10.4. The molecule has 0 aliphatic rings. The molecule has 0 saturated heterocycles. The largest absolute Gasteiger partial charge is 0.360 e. The van der Waals surface area contributed by atoms with Crippen LogP contribution >= 0.6 is 0 Å². The van der Waals surface area contributed by atoms with Gasteiger partial charge < -0.3 is 14.4 Å². The van der Waals surface area contributed by atoms with E-state index in [-0.39, 0.29) is 5.91 Å². The summed E-state index contributed by atoms with van der Waals surface area (Å²) in [4.78, 5) is 12.0. The summed E-state index contributed by atoms with van der Waals surface area (Å²) in [6, 6.07) is 3.54. The van der Waals surface area contributed by atoms with Crippen LogP contribution in [0.4, 0.5) is 5.82 Å². The Morgan fingerprint density at radius 3 is 2.53 bits per heavy atom. The molecule has 0 atom stereocenters.